The van der Waals surface area contributed by atoms with Crippen molar-refractivity contribution in [2.24, 2.45) is 7.05 Å². The first-order valence-corrected chi connectivity index (χ1v) is 7.33. The van der Waals surface area contributed by atoms with E-state index in [0.717, 1.165) is 6.20 Å². The average molecular weight is 335 g/mol. The monoisotopic (exact) mass is 335 g/mol. The van der Waals surface area contributed by atoms with Crippen molar-refractivity contribution in [1.82, 2.24) is 9.55 Å². The van der Waals surface area contributed by atoms with E-state index in [1.807, 2.05) is 20.8 Å². The van der Waals surface area contributed by atoms with Crippen molar-refractivity contribution >= 4 is 5.82 Å². The average Bonchev–Trinajstić information content (AvgIpc) is 2.86. The van der Waals surface area contributed by atoms with Crippen molar-refractivity contribution in [2.75, 3.05) is 7.11 Å². The summed E-state index contributed by atoms with van der Waals surface area (Å²) in [5.74, 6) is 0.238. The number of hydrogen-bond acceptors (Lipinski definition) is 6. The Bertz CT molecular complexity index is 777. The molecule has 0 amide bonds. The Morgan fingerprint density at radius 2 is 2.00 bits per heavy atom. The SMILES string of the molecule is COc1c(C(O)c2ncc([N+](=O)[O-])n2C)cc(O)cc1C(C)(C)C. The van der Waals surface area contributed by atoms with Gasteiger partial charge in [0.05, 0.1) is 14.2 Å². The van der Waals surface area contributed by atoms with E-state index in [4.69, 9.17) is 4.74 Å². The molecule has 130 valence electrons. The second-order valence-electron chi connectivity index (χ2n) is 6.56. The molecule has 0 radical (unpaired) electrons. The molecule has 2 aromatic rings. The smallest absolute Gasteiger partial charge is 0.342 e. The fraction of sp³-hybridized carbons (Fsp3) is 0.438. The Morgan fingerprint density at radius 1 is 1.38 bits per heavy atom. The predicted molar refractivity (Wildman–Crippen MR) is 87.3 cm³/mol. The Hall–Kier alpha value is -2.61. The molecule has 1 aromatic heterocycles. The van der Waals surface area contributed by atoms with Crippen LogP contribution in [0.15, 0.2) is 18.3 Å². The summed E-state index contributed by atoms with van der Waals surface area (Å²) in [4.78, 5) is 14.3. The van der Waals surface area contributed by atoms with Gasteiger partial charge in [0, 0.05) is 11.1 Å². The molecule has 1 unspecified atom stereocenters. The summed E-state index contributed by atoms with van der Waals surface area (Å²) in [6, 6.07) is 2.95. The first-order valence-electron chi connectivity index (χ1n) is 7.33. The first kappa shape index (κ1) is 17.7. The quantitative estimate of drug-likeness (QED) is 0.656. The van der Waals surface area contributed by atoms with Crippen LogP contribution in [0.1, 0.15) is 43.8 Å². The van der Waals surface area contributed by atoms with Crippen molar-refractivity contribution in [3.63, 3.8) is 0 Å². The number of phenolic OH excluding ortho intramolecular Hbond substituents is 1. The lowest BCUT2D eigenvalue weighted by molar-refractivity contribution is -0.391. The molecular formula is C16H21N3O5. The molecular weight excluding hydrogens is 314 g/mol. The summed E-state index contributed by atoms with van der Waals surface area (Å²) in [6.07, 6.45) is -0.203. The van der Waals surface area contributed by atoms with Gasteiger partial charge in [-0.1, -0.05) is 20.8 Å². The zero-order chi connectivity index (χ0) is 18.2. The van der Waals surface area contributed by atoms with Gasteiger partial charge in [-0.2, -0.15) is 0 Å². The zero-order valence-corrected chi connectivity index (χ0v) is 14.3. The molecule has 0 fully saturated rings. The molecule has 0 saturated heterocycles. The van der Waals surface area contributed by atoms with Gasteiger partial charge in [0.2, 0.25) is 5.82 Å². The van der Waals surface area contributed by atoms with Crippen molar-refractivity contribution in [1.29, 1.82) is 0 Å². The molecule has 1 heterocycles. The van der Waals surface area contributed by atoms with Crippen LogP contribution in [0.3, 0.4) is 0 Å². The highest BCUT2D eigenvalue weighted by molar-refractivity contribution is 5.52. The van der Waals surface area contributed by atoms with Crippen LogP contribution in [-0.4, -0.2) is 31.8 Å². The molecule has 2 N–H and O–H groups in total. The van der Waals surface area contributed by atoms with Gasteiger partial charge in [-0.25, -0.2) is 9.55 Å². The number of ether oxygens (including phenoxy) is 1. The maximum atomic E-state index is 11.0. The van der Waals surface area contributed by atoms with E-state index in [-0.39, 0.29) is 22.8 Å². The first-order chi connectivity index (χ1) is 11.1. The summed E-state index contributed by atoms with van der Waals surface area (Å²) in [6.45, 7) is 5.85. The van der Waals surface area contributed by atoms with Gasteiger partial charge in [0.1, 0.15) is 17.7 Å². The number of benzene rings is 1. The van der Waals surface area contributed by atoms with E-state index in [1.54, 1.807) is 6.07 Å². The maximum Gasteiger partial charge on any atom is 0.342 e. The van der Waals surface area contributed by atoms with Gasteiger partial charge in [0.25, 0.3) is 0 Å². The second kappa shape index (κ2) is 6.12. The van der Waals surface area contributed by atoms with Crippen molar-refractivity contribution in [2.45, 2.75) is 32.3 Å². The Balaban J connectivity index is 2.64. The number of imidazole rings is 1. The number of aliphatic hydroxyl groups excluding tert-OH is 1. The fourth-order valence-corrected chi connectivity index (χ4v) is 2.60. The standard InChI is InChI=1S/C16H21N3O5/c1-16(2,3)11-7-9(20)6-10(14(11)24-5)13(21)15-17-8-12(18(15)4)19(22)23/h6-8,13,20-21H,1-5H3. The fourth-order valence-electron chi connectivity index (χ4n) is 2.60. The summed E-state index contributed by atoms with van der Waals surface area (Å²) in [5, 5.41) is 31.7. The molecule has 0 aliphatic carbocycles. The number of nitro groups is 1. The molecule has 0 aliphatic heterocycles. The Labute approximate surface area is 139 Å². The lowest BCUT2D eigenvalue weighted by Gasteiger charge is -2.25. The minimum Gasteiger partial charge on any atom is -0.508 e. The topological polar surface area (TPSA) is 111 Å². The van der Waals surface area contributed by atoms with Crippen molar-refractivity contribution in [3.8, 4) is 11.5 Å². The minimum absolute atomic E-state index is 0.0292. The molecule has 0 aliphatic rings. The lowest BCUT2D eigenvalue weighted by Crippen LogP contribution is -2.16. The van der Waals surface area contributed by atoms with Crippen LogP contribution < -0.4 is 4.74 Å². The van der Waals surface area contributed by atoms with Gasteiger partial charge in [-0.05, 0) is 22.5 Å². The van der Waals surface area contributed by atoms with Crippen LogP contribution in [0.5, 0.6) is 11.5 Å². The number of aromatic hydroxyl groups is 1. The van der Waals surface area contributed by atoms with Gasteiger partial charge >= 0.3 is 5.82 Å². The van der Waals surface area contributed by atoms with Gasteiger partial charge in [0.15, 0.2) is 6.10 Å². The molecule has 8 nitrogen and oxygen atoms in total. The van der Waals surface area contributed by atoms with E-state index in [0.29, 0.717) is 16.9 Å². The second-order valence-corrected chi connectivity index (χ2v) is 6.56. The van der Waals surface area contributed by atoms with Gasteiger partial charge in [-0.15, -0.1) is 0 Å². The number of nitrogens with zero attached hydrogens (tertiary/aromatic N) is 3. The van der Waals surface area contributed by atoms with Crippen molar-refractivity contribution < 1.29 is 19.9 Å². The molecule has 8 heteroatoms. The third-order valence-corrected chi connectivity index (χ3v) is 3.84. The van der Waals surface area contributed by atoms with E-state index in [9.17, 15) is 20.3 Å². The van der Waals surface area contributed by atoms with E-state index < -0.39 is 11.0 Å². The Morgan fingerprint density at radius 3 is 2.46 bits per heavy atom. The van der Waals surface area contributed by atoms with Crippen LogP contribution in [0, 0.1) is 10.1 Å². The molecule has 2 rings (SSSR count). The predicted octanol–water partition coefficient (Wildman–Crippen LogP) is 2.42. The van der Waals surface area contributed by atoms with Crippen LogP contribution in [-0.2, 0) is 12.5 Å². The number of aliphatic hydroxyl groups is 1. The summed E-state index contributed by atoms with van der Waals surface area (Å²) in [5.41, 5.74) is 0.667. The van der Waals surface area contributed by atoms with Crippen LogP contribution >= 0.6 is 0 Å². The summed E-state index contributed by atoms with van der Waals surface area (Å²) >= 11 is 0. The Kier molecular flexibility index (Phi) is 4.52. The van der Waals surface area contributed by atoms with Gasteiger partial charge < -0.3 is 25.1 Å². The molecule has 1 aromatic carbocycles. The number of hydrogen-bond donors (Lipinski definition) is 2. The molecule has 0 bridgehead atoms. The third-order valence-electron chi connectivity index (χ3n) is 3.84. The number of phenols is 1. The normalized spacial score (nSPS) is 12.9. The molecule has 0 saturated carbocycles. The summed E-state index contributed by atoms with van der Waals surface area (Å²) in [7, 11) is 2.92. The highest BCUT2D eigenvalue weighted by atomic mass is 16.6. The summed E-state index contributed by atoms with van der Waals surface area (Å²) < 4.78 is 6.65. The van der Waals surface area contributed by atoms with Crippen LogP contribution in [0.25, 0.3) is 0 Å². The highest BCUT2D eigenvalue weighted by Crippen LogP contribution is 2.41. The van der Waals surface area contributed by atoms with E-state index >= 15 is 0 Å². The van der Waals surface area contributed by atoms with Crippen molar-refractivity contribution in [3.05, 3.63) is 45.4 Å². The van der Waals surface area contributed by atoms with Crippen LogP contribution in [0.4, 0.5) is 5.82 Å². The molecule has 24 heavy (non-hydrogen) atoms. The largest absolute Gasteiger partial charge is 0.508 e. The maximum absolute atomic E-state index is 11.0. The minimum atomic E-state index is -1.29. The lowest BCUT2D eigenvalue weighted by atomic mass is 9.84. The highest BCUT2D eigenvalue weighted by Gasteiger charge is 2.30. The molecule has 0 spiro atoms. The van der Waals surface area contributed by atoms with E-state index in [1.165, 1.54) is 24.8 Å². The number of rotatable bonds is 4. The zero-order valence-electron chi connectivity index (χ0n) is 14.3. The van der Waals surface area contributed by atoms with Crippen LogP contribution in [0.2, 0.25) is 0 Å². The number of aromatic nitrogens is 2. The number of methoxy groups -OCH3 is 1. The van der Waals surface area contributed by atoms with Gasteiger partial charge in [-0.3, -0.25) is 0 Å². The third kappa shape index (κ3) is 3.05. The van der Waals surface area contributed by atoms with E-state index in [2.05, 4.69) is 4.98 Å². The molecule has 1 atom stereocenters.